The fraction of sp³-hybridized carbons (Fsp3) is 0.909. The Balaban J connectivity index is 2.03. The molecule has 1 N–H and O–H groups in total. The minimum atomic E-state index is 0.255. The molecule has 0 radical (unpaired) electrons. The number of hydrogen-bond acceptors (Lipinski definition) is 3. The molecule has 1 rings (SSSR count). The summed E-state index contributed by atoms with van der Waals surface area (Å²) in [5, 5.41) is 3.27. The summed E-state index contributed by atoms with van der Waals surface area (Å²) >= 11 is 0. The predicted octanol–water partition coefficient (Wildman–Crippen LogP) is 1.51. The summed E-state index contributed by atoms with van der Waals surface area (Å²) in [7, 11) is 0. The third-order valence-electron chi connectivity index (χ3n) is 2.58. The van der Waals surface area contributed by atoms with E-state index in [2.05, 4.69) is 12.2 Å². The van der Waals surface area contributed by atoms with Gasteiger partial charge in [0.25, 0.3) is 0 Å². The van der Waals surface area contributed by atoms with Crippen molar-refractivity contribution in [2.24, 2.45) is 0 Å². The number of hydrogen-bond donors (Lipinski definition) is 1. The number of Topliss-reactive ketones (excluding diaryl/α,β-unsaturated/α-hetero) is 1. The molecule has 0 aromatic rings. The van der Waals surface area contributed by atoms with Crippen molar-refractivity contribution in [1.82, 2.24) is 5.32 Å². The van der Waals surface area contributed by atoms with Crippen LogP contribution in [0.1, 0.15) is 39.0 Å². The fourth-order valence-electron chi connectivity index (χ4n) is 1.62. The van der Waals surface area contributed by atoms with E-state index in [0.29, 0.717) is 19.1 Å². The number of nitrogens with one attached hydrogen (secondary N) is 1. The molecule has 1 saturated heterocycles. The minimum absolute atomic E-state index is 0.255. The lowest BCUT2D eigenvalue weighted by molar-refractivity contribution is -0.126. The average Bonchev–Trinajstić information content (AvgIpc) is 2.25. The highest BCUT2D eigenvalue weighted by Gasteiger charge is 2.14. The zero-order valence-electron chi connectivity index (χ0n) is 9.05. The second-order valence-corrected chi connectivity index (χ2v) is 3.90. The van der Waals surface area contributed by atoms with Crippen LogP contribution in [0.5, 0.6) is 0 Å². The van der Waals surface area contributed by atoms with Crippen LogP contribution >= 0.6 is 0 Å². The van der Waals surface area contributed by atoms with Crippen LogP contribution in [0.3, 0.4) is 0 Å². The minimum Gasteiger partial charge on any atom is -0.370 e. The van der Waals surface area contributed by atoms with Gasteiger partial charge in [0.1, 0.15) is 6.61 Å². The molecule has 0 spiro atoms. The van der Waals surface area contributed by atoms with Gasteiger partial charge in [-0.2, -0.15) is 0 Å². The Morgan fingerprint density at radius 3 is 2.79 bits per heavy atom. The lowest BCUT2D eigenvalue weighted by Crippen LogP contribution is -2.33. The SMILES string of the molecule is CCCCC(=O)COC1CCNCC1. The smallest absolute Gasteiger partial charge is 0.158 e. The molecule has 1 heterocycles. The zero-order chi connectivity index (χ0) is 10.2. The first-order valence-corrected chi connectivity index (χ1v) is 5.67. The number of piperidine rings is 1. The normalized spacial score (nSPS) is 18.4. The molecule has 0 aromatic carbocycles. The Kier molecular flexibility index (Phi) is 5.80. The van der Waals surface area contributed by atoms with Crippen LogP contribution in [0.25, 0.3) is 0 Å². The van der Waals surface area contributed by atoms with Gasteiger partial charge in [-0.25, -0.2) is 0 Å². The number of rotatable bonds is 6. The second kappa shape index (κ2) is 6.96. The maximum absolute atomic E-state index is 11.3. The van der Waals surface area contributed by atoms with E-state index in [4.69, 9.17) is 4.74 Å². The van der Waals surface area contributed by atoms with Crippen molar-refractivity contribution in [2.75, 3.05) is 19.7 Å². The van der Waals surface area contributed by atoms with Crippen LogP contribution in [0, 0.1) is 0 Å². The van der Waals surface area contributed by atoms with Gasteiger partial charge in [0.05, 0.1) is 6.10 Å². The van der Waals surface area contributed by atoms with Crippen molar-refractivity contribution in [3.05, 3.63) is 0 Å². The zero-order valence-corrected chi connectivity index (χ0v) is 9.05. The van der Waals surface area contributed by atoms with Crippen molar-refractivity contribution < 1.29 is 9.53 Å². The van der Waals surface area contributed by atoms with Crippen molar-refractivity contribution in [3.63, 3.8) is 0 Å². The molecule has 1 aliphatic rings. The Morgan fingerprint density at radius 1 is 1.43 bits per heavy atom. The van der Waals surface area contributed by atoms with Gasteiger partial charge in [-0.1, -0.05) is 13.3 Å². The molecule has 0 unspecified atom stereocenters. The van der Waals surface area contributed by atoms with Crippen LogP contribution in [0.4, 0.5) is 0 Å². The predicted molar refractivity (Wildman–Crippen MR) is 56.4 cm³/mol. The summed E-state index contributed by atoms with van der Waals surface area (Å²) in [5.41, 5.74) is 0. The summed E-state index contributed by atoms with van der Waals surface area (Å²) < 4.78 is 5.55. The molecule has 3 heteroatoms. The van der Waals surface area contributed by atoms with Crippen molar-refractivity contribution in [3.8, 4) is 0 Å². The van der Waals surface area contributed by atoms with E-state index in [1.807, 2.05) is 0 Å². The lowest BCUT2D eigenvalue weighted by atomic mass is 10.1. The summed E-state index contributed by atoms with van der Waals surface area (Å²) in [6.07, 6.45) is 5.15. The maximum Gasteiger partial charge on any atom is 0.158 e. The molecule has 0 amide bonds. The third-order valence-corrected chi connectivity index (χ3v) is 2.58. The number of unbranched alkanes of at least 4 members (excludes halogenated alkanes) is 1. The Morgan fingerprint density at radius 2 is 2.14 bits per heavy atom. The van der Waals surface area contributed by atoms with E-state index in [-0.39, 0.29) is 5.78 Å². The van der Waals surface area contributed by atoms with E-state index in [1.165, 1.54) is 0 Å². The van der Waals surface area contributed by atoms with Gasteiger partial charge in [0.15, 0.2) is 5.78 Å². The van der Waals surface area contributed by atoms with Crippen LogP contribution in [0.15, 0.2) is 0 Å². The molecule has 82 valence electrons. The number of ketones is 1. The number of ether oxygens (including phenoxy) is 1. The van der Waals surface area contributed by atoms with Crippen LogP contribution in [-0.4, -0.2) is 31.6 Å². The van der Waals surface area contributed by atoms with Gasteiger partial charge in [-0.15, -0.1) is 0 Å². The number of carbonyl (C=O) groups is 1. The Hall–Kier alpha value is -0.410. The van der Waals surface area contributed by atoms with Crippen molar-refractivity contribution in [1.29, 1.82) is 0 Å². The van der Waals surface area contributed by atoms with Crippen LogP contribution < -0.4 is 5.32 Å². The summed E-state index contributed by atoms with van der Waals surface area (Å²) in [4.78, 5) is 11.3. The van der Waals surface area contributed by atoms with E-state index in [1.54, 1.807) is 0 Å². The number of carbonyl (C=O) groups excluding carboxylic acids is 1. The van der Waals surface area contributed by atoms with Gasteiger partial charge < -0.3 is 10.1 Å². The molecule has 14 heavy (non-hydrogen) atoms. The van der Waals surface area contributed by atoms with Gasteiger partial charge in [-0.05, 0) is 32.4 Å². The highest BCUT2D eigenvalue weighted by Crippen LogP contribution is 2.07. The molecule has 0 saturated carbocycles. The van der Waals surface area contributed by atoms with Crippen LogP contribution in [-0.2, 0) is 9.53 Å². The molecular weight excluding hydrogens is 178 g/mol. The van der Waals surface area contributed by atoms with Crippen molar-refractivity contribution in [2.45, 2.75) is 45.1 Å². The maximum atomic E-state index is 11.3. The summed E-state index contributed by atoms with van der Waals surface area (Å²) in [6.45, 7) is 4.47. The lowest BCUT2D eigenvalue weighted by Gasteiger charge is -2.22. The first-order valence-electron chi connectivity index (χ1n) is 5.67. The first kappa shape index (κ1) is 11.7. The van der Waals surface area contributed by atoms with Gasteiger partial charge in [0.2, 0.25) is 0 Å². The molecule has 0 aliphatic carbocycles. The van der Waals surface area contributed by atoms with Gasteiger partial charge in [0, 0.05) is 6.42 Å². The van der Waals surface area contributed by atoms with Gasteiger partial charge >= 0.3 is 0 Å². The summed E-state index contributed by atoms with van der Waals surface area (Å²) in [5.74, 6) is 0.255. The first-order chi connectivity index (χ1) is 6.83. The molecule has 0 bridgehead atoms. The van der Waals surface area contributed by atoms with E-state index in [9.17, 15) is 4.79 Å². The third kappa shape index (κ3) is 4.72. The highest BCUT2D eigenvalue weighted by atomic mass is 16.5. The highest BCUT2D eigenvalue weighted by molar-refractivity contribution is 5.79. The Bertz CT molecular complexity index is 165. The van der Waals surface area contributed by atoms with Gasteiger partial charge in [-0.3, -0.25) is 4.79 Å². The quantitative estimate of drug-likeness (QED) is 0.704. The largest absolute Gasteiger partial charge is 0.370 e. The molecule has 3 nitrogen and oxygen atoms in total. The standard InChI is InChI=1S/C11H21NO2/c1-2-3-4-10(13)9-14-11-5-7-12-8-6-11/h11-12H,2-9H2,1H3. The Labute approximate surface area is 86.2 Å². The monoisotopic (exact) mass is 199 g/mol. The second-order valence-electron chi connectivity index (χ2n) is 3.90. The topological polar surface area (TPSA) is 38.3 Å². The van der Waals surface area contributed by atoms with Crippen LogP contribution in [0.2, 0.25) is 0 Å². The van der Waals surface area contributed by atoms with E-state index >= 15 is 0 Å². The molecule has 0 atom stereocenters. The molecular formula is C11H21NO2. The summed E-state index contributed by atoms with van der Waals surface area (Å²) in [6, 6.07) is 0. The van der Waals surface area contributed by atoms with Crippen molar-refractivity contribution >= 4 is 5.78 Å². The molecule has 1 aliphatic heterocycles. The molecule has 1 fully saturated rings. The fourth-order valence-corrected chi connectivity index (χ4v) is 1.62. The molecule has 0 aromatic heterocycles. The average molecular weight is 199 g/mol. The van der Waals surface area contributed by atoms with E-state index < -0.39 is 0 Å². The van der Waals surface area contributed by atoms with E-state index in [0.717, 1.165) is 38.8 Å².